The third kappa shape index (κ3) is 5.78. The monoisotopic (exact) mass is 340 g/mol. The second-order valence-corrected chi connectivity index (χ2v) is 7.23. The molecule has 2 aliphatic rings. The van der Waals surface area contributed by atoms with Crippen molar-refractivity contribution < 1.29 is 0 Å². The summed E-state index contributed by atoms with van der Waals surface area (Å²) in [5.74, 6) is 1.26. The van der Waals surface area contributed by atoms with E-state index in [1.165, 1.54) is 86.5 Å². The van der Waals surface area contributed by atoms with E-state index in [0.29, 0.717) is 11.8 Å². The molecule has 2 bridgehead atoms. The number of rotatable bonds is 2. The lowest BCUT2D eigenvalue weighted by atomic mass is 9.93. The maximum atomic E-state index is 6.20. The molecule has 0 fully saturated rings. The Balaban J connectivity index is 2.12. The first kappa shape index (κ1) is 18.1. The second kappa shape index (κ2) is 10.6. The van der Waals surface area contributed by atoms with E-state index < -0.39 is 0 Å². The number of fused-ring (bicyclic) bond motifs is 13. The molecule has 1 aromatic carbocycles. The van der Waals surface area contributed by atoms with Crippen LogP contribution in [0.1, 0.15) is 86.5 Å². The molecule has 2 heteroatoms. The van der Waals surface area contributed by atoms with Crippen molar-refractivity contribution in [3.63, 3.8) is 0 Å². The van der Waals surface area contributed by atoms with Gasteiger partial charge in [0.15, 0.2) is 0 Å². The van der Waals surface area contributed by atoms with Gasteiger partial charge < -0.3 is 0 Å². The van der Waals surface area contributed by atoms with Crippen molar-refractivity contribution in [1.29, 1.82) is 0 Å². The molecular formula is C20H30Cl2. The SMILES string of the molecule is ClCc1cc2c(CCl)cc1CCCCCCCCCCCC2. The van der Waals surface area contributed by atoms with Gasteiger partial charge in [0, 0.05) is 11.8 Å². The molecule has 0 unspecified atom stereocenters. The van der Waals surface area contributed by atoms with Gasteiger partial charge in [-0.05, 0) is 47.9 Å². The van der Waals surface area contributed by atoms with Gasteiger partial charge in [-0.2, -0.15) is 0 Å². The molecule has 22 heavy (non-hydrogen) atoms. The first-order valence-electron chi connectivity index (χ1n) is 9.10. The Morgan fingerprint density at radius 2 is 0.864 bits per heavy atom. The molecule has 124 valence electrons. The van der Waals surface area contributed by atoms with Gasteiger partial charge in [-0.25, -0.2) is 0 Å². The lowest BCUT2D eigenvalue weighted by Crippen LogP contribution is -2.01. The molecule has 0 heterocycles. The molecule has 0 atom stereocenters. The third-order valence-electron chi connectivity index (χ3n) is 4.95. The Labute approximate surface area is 146 Å². The summed E-state index contributed by atoms with van der Waals surface area (Å²) in [6.45, 7) is 0. The molecule has 0 radical (unpaired) electrons. The Morgan fingerprint density at radius 3 is 1.18 bits per heavy atom. The number of benzene rings is 1. The van der Waals surface area contributed by atoms with Gasteiger partial charge in [-0.15, -0.1) is 23.2 Å². The van der Waals surface area contributed by atoms with Crippen molar-refractivity contribution >= 4 is 23.2 Å². The topological polar surface area (TPSA) is 0 Å². The van der Waals surface area contributed by atoms with Crippen LogP contribution in [-0.2, 0) is 24.6 Å². The zero-order chi connectivity index (χ0) is 15.6. The van der Waals surface area contributed by atoms with Gasteiger partial charge in [-0.3, -0.25) is 0 Å². The Bertz CT molecular complexity index is 398. The third-order valence-corrected chi connectivity index (χ3v) is 5.53. The molecule has 0 nitrogen and oxygen atoms in total. The number of aryl methyl sites for hydroxylation is 2. The van der Waals surface area contributed by atoms with E-state index in [9.17, 15) is 0 Å². The van der Waals surface area contributed by atoms with Crippen molar-refractivity contribution in [2.24, 2.45) is 0 Å². The molecule has 2 aliphatic carbocycles. The number of hydrogen-bond donors (Lipinski definition) is 0. The quantitative estimate of drug-likeness (QED) is 0.500. The van der Waals surface area contributed by atoms with E-state index >= 15 is 0 Å². The minimum Gasteiger partial charge on any atom is -0.122 e. The summed E-state index contributed by atoms with van der Waals surface area (Å²) in [5.41, 5.74) is 5.53. The smallest absolute Gasteiger partial charge is 0.0476 e. The summed E-state index contributed by atoms with van der Waals surface area (Å²) in [6, 6.07) is 4.68. The minimum absolute atomic E-state index is 0.630. The van der Waals surface area contributed by atoms with Crippen molar-refractivity contribution in [2.75, 3.05) is 0 Å². The van der Waals surface area contributed by atoms with Crippen molar-refractivity contribution in [2.45, 2.75) is 88.8 Å². The van der Waals surface area contributed by atoms with Crippen molar-refractivity contribution in [1.82, 2.24) is 0 Å². The van der Waals surface area contributed by atoms with Crippen LogP contribution in [0.25, 0.3) is 0 Å². The van der Waals surface area contributed by atoms with E-state index in [4.69, 9.17) is 23.2 Å². The summed E-state index contributed by atoms with van der Waals surface area (Å²) >= 11 is 12.4. The predicted molar refractivity (Wildman–Crippen MR) is 99.1 cm³/mol. The van der Waals surface area contributed by atoms with Crippen LogP contribution in [0.4, 0.5) is 0 Å². The van der Waals surface area contributed by atoms with Gasteiger partial charge in [0.1, 0.15) is 0 Å². The fourth-order valence-corrected chi connectivity index (χ4v) is 4.05. The molecule has 0 amide bonds. The summed E-state index contributed by atoms with van der Waals surface area (Å²) in [7, 11) is 0. The standard InChI is InChI=1S/C20H30Cl2/c21-15-19-14-18-12-10-8-6-4-2-1-3-5-7-9-11-17(19)13-20(18)16-22/h13-14H,1-12,15-16H2. The Hall–Kier alpha value is -0.200. The highest BCUT2D eigenvalue weighted by molar-refractivity contribution is 6.17. The van der Waals surface area contributed by atoms with Crippen molar-refractivity contribution in [3.05, 3.63) is 34.4 Å². The van der Waals surface area contributed by atoms with Gasteiger partial charge in [0.2, 0.25) is 0 Å². The first-order chi connectivity index (χ1) is 10.8. The summed E-state index contributed by atoms with van der Waals surface area (Å²) < 4.78 is 0. The lowest BCUT2D eigenvalue weighted by Gasteiger charge is -2.15. The van der Waals surface area contributed by atoms with Crippen LogP contribution in [0.5, 0.6) is 0 Å². The summed E-state index contributed by atoms with van der Waals surface area (Å²) in [6.07, 6.45) is 16.0. The molecular weight excluding hydrogens is 311 g/mol. The molecule has 1 aromatic rings. The fraction of sp³-hybridized carbons (Fsp3) is 0.700. The highest BCUT2D eigenvalue weighted by Gasteiger charge is 2.09. The molecule has 0 saturated heterocycles. The van der Waals surface area contributed by atoms with Gasteiger partial charge in [0.05, 0.1) is 0 Å². The molecule has 0 N–H and O–H groups in total. The zero-order valence-corrected chi connectivity index (χ0v) is 15.3. The van der Waals surface area contributed by atoms with Crippen LogP contribution in [-0.4, -0.2) is 0 Å². The van der Waals surface area contributed by atoms with Crippen molar-refractivity contribution in [3.8, 4) is 0 Å². The number of hydrogen-bond acceptors (Lipinski definition) is 0. The van der Waals surface area contributed by atoms with Gasteiger partial charge >= 0.3 is 0 Å². The highest BCUT2D eigenvalue weighted by Crippen LogP contribution is 2.25. The predicted octanol–water partition coefficient (Wildman–Crippen LogP) is 7.16. The average Bonchev–Trinajstić information content (AvgIpc) is 2.54. The van der Waals surface area contributed by atoms with Crippen LogP contribution in [0.3, 0.4) is 0 Å². The van der Waals surface area contributed by atoms with Crippen LogP contribution >= 0.6 is 23.2 Å². The molecule has 3 rings (SSSR count). The zero-order valence-electron chi connectivity index (χ0n) is 13.8. The average molecular weight is 341 g/mol. The number of alkyl halides is 2. The molecule has 0 aromatic heterocycles. The van der Waals surface area contributed by atoms with E-state index in [0.717, 1.165) is 12.8 Å². The first-order valence-corrected chi connectivity index (χ1v) is 10.2. The van der Waals surface area contributed by atoms with E-state index in [1.54, 1.807) is 0 Å². The maximum absolute atomic E-state index is 6.20. The number of halogens is 2. The molecule has 0 saturated carbocycles. The molecule has 0 spiro atoms. The fourth-order valence-electron chi connectivity index (χ4n) is 3.55. The van der Waals surface area contributed by atoms with Crippen LogP contribution in [0.15, 0.2) is 12.1 Å². The maximum Gasteiger partial charge on any atom is 0.0476 e. The largest absolute Gasteiger partial charge is 0.122 e. The Morgan fingerprint density at radius 1 is 0.545 bits per heavy atom. The normalized spacial score (nSPS) is 18.5. The highest BCUT2D eigenvalue weighted by atomic mass is 35.5. The van der Waals surface area contributed by atoms with Gasteiger partial charge in [-0.1, -0.05) is 63.5 Å². The van der Waals surface area contributed by atoms with Crippen LogP contribution in [0.2, 0.25) is 0 Å². The van der Waals surface area contributed by atoms with E-state index in [1.807, 2.05) is 0 Å². The molecule has 0 aliphatic heterocycles. The minimum atomic E-state index is 0.630. The Kier molecular flexibility index (Phi) is 8.70. The van der Waals surface area contributed by atoms with E-state index in [-0.39, 0.29) is 0 Å². The van der Waals surface area contributed by atoms with E-state index in [2.05, 4.69) is 12.1 Å². The van der Waals surface area contributed by atoms with Crippen LogP contribution in [0, 0.1) is 0 Å². The van der Waals surface area contributed by atoms with Gasteiger partial charge in [0.25, 0.3) is 0 Å². The summed E-state index contributed by atoms with van der Waals surface area (Å²) in [4.78, 5) is 0. The second-order valence-electron chi connectivity index (χ2n) is 6.69. The summed E-state index contributed by atoms with van der Waals surface area (Å²) in [5, 5.41) is 0. The van der Waals surface area contributed by atoms with Crippen LogP contribution < -0.4 is 0 Å². The lowest BCUT2D eigenvalue weighted by molar-refractivity contribution is 0.549.